The first-order valence-electron chi connectivity index (χ1n) is 10.5. The van der Waals surface area contributed by atoms with E-state index in [9.17, 15) is 4.79 Å². The zero-order valence-corrected chi connectivity index (χ0v) is 20.6. The molecule has 0 aliphatic rings. The van der Waals surface area contributed by atoms with E-state index in [0.717, 1.165) is 20.2 Å². The summed E-state index contributed by atoms with van der Waals surface area (Å²) in [6, 6.07) is 26.8. The molecule has 0 saturated carbocycles. The van der Waals surface area contributed by atoms with Crippen molar-refractivity contribution >= 4 is 56.7 Å². The molecule has 7 nitrogen and oxygen atoms in total. The van der Waals surface area contributed by atoms with Crippen molar-refractivity contribution in [3.8, 4) is 0 Å². The van der Waals surface area contributed by atoms with Crippen LogP contribution < -0.4 is 5.32 Å². The van der Waals surface area contributed by atoms with Gasteiger partial charge in [0.05, 0.1) is 21.2 Å². The van der Waals surface area contributed by atoms with Crippen molar-refractivity contribution in [3.63, 3.8) is 0 Å². The summed E-state index contributed by atoms with van der Waals surface area (Å²) < 4.78 is 3.56. The molecule has 0 radical (unpaired) electrons. The van der Waals surface area contributed by atoms with Crippen LogP contribution in [0.2, 0.25) is 0 Å². The largest absolute Gasteiger partial charge is 0.325 e. The number of fused-ring (bicyclic) bond motifs is 1. The highest BCUT2D eigenvalue weighted by Gasteiger charge is 2.18. The number of rotatable bonds is 8. The van der Waals surface area contributed by atoms with E-state index in [-0.39, 0.29) is 16.9 Å². The Morgan fingerprint density at radius 1 is 1.03 bits per heavy atom. The van der Waals surface area contributed by atoms with Gasteiger partial charge in [-0.2, -0.15) is 0 Å². The monoisotopic (exact) mass is 504 g/mol. The second kappa shape index (κ2) is 10.4. The fourth-order valence-electron chi connectivity index (χ4n) is 3.39. The standard InChI is InChI=1S/C24H20N6OS3/c1-30-23(27-28-29-30)32-15-21(31)25-18-12-13-19-20(14-18)33-24(26-19)34-22(16-8-4-2-5-9-16)17-10-6-3-7-11-17/h2-14,22H,15H2,1H3,(H,25,31). The Hall–Kier alpha value is -3.21. The van der Waals surface area contributed by atoms with Gasteiger partial charge in [-0.15, -0.1) is 16.4 Å². The summed E-state index contributed by atoms with van der Waals surface area (Å²) >= 11 is 4.67. The number of thiazole rings is 1. The minimum Gasteiger partial charge on any atom is -0.325 e. The number of hydrogen-bond donors (Lipinski definition) is 1. The van der Waals surface area contributed by atoms with Crippen molar-refractivity contribution < 1.29 is 4.79 Å². The second-order valence-corrected chi connectivity index (χ2v) is 10.7. The number of aromatic nitrogens is 5. The molecule has 0 fully saturated rings. The Kier molecular flexibility index (Phi) is 6.89. The van der Waals surface area contributed by atoms with Gasteiger partial charge in [-0.25, -0.2) is 9.67 Å². The molecule has 0 spiro atoms. The summed E-state index contributed by atoms with van der Waals surface area (Å²) in [6.07, 6.45) is 0. The molecule has 1 amide bonds. The van der Waals surface area contributed by atoms with E-state index in [0.29, 0.717) is 5.16 Å². The first kappa shape index (κ1) is 22.6. The lowest BCUT2D eigenvalue weighted by Crippen LogP contribution is -2.14. The van der Waals surface area contributed by atoms with Crippen molar-refractivity contribution in [2.24, 2.45) is 7.05 Å². The molecule has 34 heavy (non-hydrogen) atoms. The van der Waals surface area contributed by atoms with Gasteiger partial charge in [0, 0.05) is 12.7 Å². The van der Waals surface area contributed by atoms with Crippen molar-refractivity contribution in [2.45, 2.75) is 14.7 Å². The molecule has 0 saturated heterocycles. The molecular weight excluding hydrogens is 485 g/mol. The summed E-state index contributed by atoms with van der Waals surface area (Å²) in [5.41, 5.74) is 4.14. The lowest BCUT2D eigenvalue weighted by atomic mass is 10.0. The van der Waals surface area contributed by atoms with Crippen LogP contribution in [-0.2, 0) is 11.8 Å². The zero-order valence-electron chi connectivity index (χ0n) is 18.2. The number of carbonyl (C=O) groups excluding carboxylic acids is 1. The van der Waals surface area contributed by atoms with E-state index in [1.165, 1.54) is 22.9 Å². The van der Waals surface area contributed by atoms with Crippen LogP contribution in [0.5, 0.6) is 0 Å². The topological polar surface area (TPSA) is 85.6 Å². The molecule has 2 heterocycles. The number of nitrogens with one attached hydrogen (secondary N) is 1. The zero-order chi connectivity index (χ0) is 23.3. The minimum atomic E-state index is -0.111. The maximum Gasteiger partial charge on any atom is 0.234 e. The normalized spacial score (nSPS) is 11.2. The number of hydrogen-bond acceptors (Lipinski definition) is 8. The molecule has 0 aliphatic carbocycles. The van der Waals surface area contributed by atoms with Gasteiger partial charge in [-0.05, 0) is 39.8 Å². The number of anilines is 1. The lowest BCUT2D eigenvalue weighted by molar-refractivity contribution is -0.113. The predicted molar refractivity (Wildman–Crippen MR) is 138 cm³/mol. The first-order valence-corrected chi connectivity index (χ1v) is 13.2. The fraction of sp³-hybridized carbons (Fsp3) is 0.125. The molecular formula is C24H20N6OS3. The third-order valence-electron chi connectivity index (χ3n) is 4.99. The van der Waals surface area contributed by atoms with Crippen LogP contribution in [0.1, 0.15) is 16.4 Å². The quantitative estimate of drug-likeness (QED) is 0.282. The number of tetrazole rings is 1. The molecule has 1 N–H and O–H groups in total. The van der Waals surface area contributed by atoms with E-state index in [1.54, 1.807) is 34.8 Å². The molecule has 0 unspecified atom stereocenters. The summed E-state index contributed by atoms with van der Waals surface area (Å²) in [5, 5.41) is 14.9. The van der Waals surface area contributed by atoms with Gasteiger partial charge in [0.15, 0.2) is 4.34 Å². The Balaban J connectivity index is 1.32. The molecule has 0 aliphatic heterocycles. The van der Waals surface area contributed by atoms with Crippen molar-refractivity contribution in [1.82, 2.24) is 25.2 Å². The first-order chi connectivity index (χ1) is 16.7. The van der Waals surface area contributed by atoms with Gasteiger partial charge >= 0.3 is 0 Å². The molecule has 10 heteroatoms. The third kappa shape index (κ3) is 5.30. The Bertz CT molecular complexity index is 1360. The van der Waals surface area contributed by atoms with Crippen LogP contribution >= 0.6 is 34.9 Å². The van der Waals surface area contributed by atoms with Crippen molar-refractivity contribution in [1.29, 1.82) is 0 Å². The minimum absolute atomic E-state index is 0.111. The van der Waals surface area contributed by atoms with E-state index >= 15 is 0 Å². The van der Waals surface area contributed by atoms with Crippen LogP contribution in [0.25, 0.3) is 10.2 Å². The van der Waals surface area contributed by atoms with Crippen LogP contribution in [0, 0.1) is 0 Å². The SMILES string of the molecule is Cn1nnnc1SCC(=O)Nc1ccc2nc(SC(c3ccccc3)c3ccccc3)sc2c1. The summed E-state index contributed by atoms with van der Waals surface area (Å²) in [5.74, 6) is 0.117. The van der Waals surface area contributed by atoms with Gasteiger partial charge in [-0.3, -0.25) is 4.79 Å². The van der Waals surface area contributed by atoms with Crippen LogP contribution in [0.4, 0.5) is 5.69 Å². The molecule has 5 rings (SSSR count). The van der Waals surface area contributed by atoms with Gasteiger partial charge in [-0.1, -0.05) is 84.2 Å². The maximum absolute atomic E-state index is 12.4. The maximum atomic E-state index is 12.4. The lowest BCUT2D eigenvalue weighted by Gasteiger charge is -2.16. The molecule has 0 atom stereocenters. The second-order valence-electron chi connectivity index (χ2n) is 7.40. The van der Waals surface area contributed by atoms with Gasteiger partial charge in [0.2, 0.25) is 11.1 Å². The number of thioether (sulfide) groups is 2. The fourth-order valence-corrected chi connectivity index (χ4v) is 6.46. The van der Waals surface area contributed by atoms with Crippen LogP contribution in [0.3, 0.4) is 0 Å². The summed E-state index contributed by atoms with van der Waals surface area (Å²) in [4.78, 5) is 17.2. The molecule has 170 valence electrons. The van der Waals surface area contributed by atoms with E-state index in [1.807, 2.05) is 30.3 Å². The van der Waals surface area contributed by atoms with Gasteiger partial charge in [0.25, 0.3) is 0 Å². The molecule has 0 bridgehead atoms. The highest BCUT2D eigenvalue weighted by atomic mass is 32.2. The van der Waals surface area contributed by atoms with Crippen LogP contribution in [-0.4, -0.2) is 36.9 Å². The third-order valence-corrected chi connectivity index (χ3v) is 8.42. The van der Waals surface area contributed by atoms with E-state index < -0.39 is 0 Å². The Morgan fingerprint density at radius 2 is 1.74 bits per heavy atom. The smallest absolute Gasteiger partial charge is 0.234 e. The highest BCUT2D eigenvalue weighted by molar-refractivity contribution is 8.01. The molecule has 2 aromatic heterocycles. The number of amides is 1. The highest BCUT2D eigenvalue weighted by Crippen LogP contribution is 2.43. The number of aryl methyl sites for hydroxylation is 1. The Morgan fingerprint density at radius 3 is 2.38 bits per heavy atom. The number of nitrogens with zero attached hydrogens (tertiary/aromatic N) is 5. The average molecular weight is 505 g/mol. The van der Waals surface area contributed by atoms with Gasteiger partial charge in [0.1, 0.15) is 0 Å². The van der Waals surface area contributed by atoms with E-state index in [2.05, 4.69) is 69.4 Å². The van der Waals surface area contributed by atoms with Crippen molar-refractivity contribution in [3.05, 3.63) is 90.0 Å². The summed E-state index contributed by atoms with van der Waals surface area (Å²) in [6.45, 7) is 0. The predicted octanol–water partition coefficient (Wildman–Crippen LogP) is 5.43. The molecule has 3 aromatic carbocycles. The average Bonchev–Trinajstić information content (AvgIpc) is 3.47. The molecule has 5 aromatic rings. The van der Waals surface area contributed by atoms with Crippen molar-refractivity contribution in [2.75, 3.05) is 11.1 Å². The summed E-state index contributed by atoms with van der Waals surface area (Å²) in [7, 11) is 1.74. The van der Waals surface area contributed by atoms with Crippen LogP contribution in [0.15, 0.2) is 88.4 Å². The Labute approximate surface area is 209 Å². The number of carbonyl (C=O) groups is 1. The number of benzene rings is 3. The van der Waals surface area contributed by atoms with Gasteiger partial charge < -0.3 is 5.32 Å². The van der Waals surface area contributed by atoms with E-state index in [4.69, 9.17) is 4.98 Å².